The van der Waals surface area contributed by atoms with Gasteiger partial charge in [-0.15, -0.1) is 0 Å². The van der Waals surface area contributed by atoms with Gasteiger partial charge in [0.25, 0.3) is 0 Å². The van der Waals surface area contributed by atoms with Crippen molar-refractivity contribution in [1.82, 2.24) is 5.32 Å². The molecule has 0 aliphatic carbocycles. The van der Waals surface area contributed by atoms with Crippen LogP contribution in [-0.2, 0) is 23.8 Å². The molecule has 0 aromatic heterocycles. The number of ether oxygens (including phenoxy) is 3. The average molecular weight is 1280 g/mol. The first-order valence-electron chi connectivity index (χ1n) is 38.4. The molecule has 8 atom stereocenters. The van der Waals surface area contributed by atoms with Crippen LogP contribution in [-0.4, -0.2) is 99.6 Å². The van der Waals surface area contributed by atoms with Crippen LogP contribution in [0.15, 0.2) is 85.1 Å². The Bertz CT molecular complexity index is 1810. The number of unbranched alkanes of at least 4 members (excludes halogenated alkanes) is 40. The Kier molecular flexibility index (Phi) is 63.1. The highest BCUT2D eigenvalue weighted by atomic mass is 16.7. The lowest BCUT2D eigenvalue weighted by molar-refractivity contribution is -0.305. The number of hydrogen-bond donors (Lipinski definition) is 6. The van der Waals surface area contributed by atoms with Gasteiger partial charge in [0.2, 0.25) is 5.91 Å². The van der Waals surface area contributed by atoms with Crippen LogP contribution in [0.1, 0.15) is 348 Å². The van der Waals surface area contributed by atoms with Gasteiger partial charge in [0.1, 0.15) is 24.4 Å². The molecule has 0 radical (unpaired) electrons. The van der Waals surface area contributed by atoms with Crippen molar-refractivity contribution in [2.24, 2.45) is 0 Å². The van der Waals surface area contributed by atoms with Crippen LogP contribution in [0.3, 0.4) is 0 Å². The maximum absolute atomic E-state index is 13.5. The summed E-state index contributed by atoms with van der Waals surface area (Å²) in [6.45, 7) is 5.77. The van der Waals surface area contributed by atoms with E-state index in [0.717, 1.165) is 89.9 Å². The van der Waals surface area contributed by atoms with Crippen LogP contribution in [0.2, 0.25) is 0 Å². The molecule has 11 nitrogen and oxygen atoms in total. The lowest BCUT2D eigenvalue weighted by Gasteiger charge is -2.41. The topological polar surface area (TPSA) is 175 Å². The first kappa shape index (κ1) is 85.9. The number of esters is 1. The summed E-state index contributed by atoms with van der Waals surface area (Å²) in [4.78, 5) is 26.7. The van der Waals surface area contributed by atoms with Gasteiger partial charge >= 0.3 is 5.97 Å². The third-order valence-corrected chi connectivity index (χ3v) is 17.8. The van der Waals surface area contributed by atoms with E-state index >= 15 is 0 Å². The van der Waals surface area contributed by atoms with Gasteiger partial charge in [0, 0.05) is 6.42 Å². The van der Waals surface area contributed by atoms with Gasteiger partial charge in [-0.25, -0.2) is 0 Å². The van der Waals surface area contributed by atoms with E-state index in [9.17, 15) is 35.1 Å². The van der Waals surface area contributed by atoms with E-state index < -0.39 is 67.4 Å². The van der Waals surface area contributed by atoms with Gasteiger partial charge in [-0.2, -0.15) is 0 Å². The molecule has 0 bridgehead atoms. The molecule has 11 heteroatoms. The monoisotopic (exact) mass is 1280 g/mol. The molecule has 0 saturated carbocycles. The van der Waals surface area contributed by atoms with E-state index in [1.165, 1.54) is 212 Å². The standard InChI is InChI=1S/C80H143NO10/c1-4-7-10-13-16-19-22-24-26-28-30-32-34-36-37-38-40-42-44-46-48-50-53-56-59-62-65-68-75(85)91-78-77(87)76(86)74(69-82)90-80(78)89-70-71(72(83)66-63-60-57-54-51-21-18-15-12-9-6-3)81-79(88)73(84)67-64-61-58-55-52-49-47-45-43-41-39-35-33-31-29-27-25-23-20-17-14-11-8-5-2/h16-17,19-20,24-27,30,32,36-37,63,66,71-74,76-78,80,82-84,86-87H,4-15,18,21-23,28-29,31,33-35,38-62,64-65,67-70H2,1-3H3,(H,81,88)/b19-16-,20-17-,26-24-,27-25-,32-30-,37-36-,66-63+. The second-order valence-electron chi connectivity index (χ2n) is 26.4. The fourth-order valence-corrected chi connectivity index (χ4v) is 11.7. The number of aliphatic hydroxyl groups is 5. The summed E-state index contributed by atoms with van der Waals surface area (Å²) in [5, 5.41) is 57.3. The molecule has 8 unspecified atom stereocenters. The predicted molar refractivity (Wildman–Crippen MR) is 384 cm³/mol. The molecule has 1 rings (SSSR count). The van der Waals surface area contributed by atoms with E-state index in [4.69, 9.17) is 14.2 Å². The quantitative estimate of drug-likeness (QED) is 0.0195. The Balaban J connectivity index is 2.50. The molecule has 0 spiro atoms. The van der Waals surface area contributed by atoms with Crippen LogP contribution in [0.5, 0.6) is 0 Å². The van der Waals surface area contributed by atoms with Crippen molar-refractivity contribution in [2.45, 2.75) is 397 Å². The summed E-state index contributed by atoms with van der Waals surface area (Å²) in [6.07, 6.45) is 79.1. The third kappa shape index (κ3) is 53.7. The summed E-state index contributed by atoms with van der Waals surface area (Å²) in [7, 11) is 0. The summed E-state index contributed by atoms with van der Waals surface area (Å²) >= 11 is 0. The number of amides is 1. The highest BCUT2D eigenvalue weighted by Gasteiger charge is 2.47. The highest BCUT2D eigenvalue weighted by Crippen LogP contribution is 2.26. The van der Waals surface area contributed by atoms with Crippen molar-refractivity contribution < 1.29 is 49.3 Å². The Morgan fingerprint density at radius 2 is 0.758 bits per heavy atom. The van der Waals surface area contributed by atoms with Crippen LogP contribution < -0.4 is 5.32 Å². The van der Waals surface area contributed by atoms with Crippen molar-refractivity contribution >= 4 is 11.9 Å². The Hall–Kier alpha value is -3.16. The molecular weight excluding hydrogens is 1130 g/mol. The minimum Gasteiger partial charge on any atom is -0.454 e. The second-order valence-corrected chi connectivity index (χ2v) is 26.4. The van der Waals surface area contributed by atoms with E-state index in [2.05, 4.69) is 99.0 Å². The van der Waals surface area contributed by atoms with Crippen molar-refractivity contribution in [1.29, 1.82) is 0 Å². The summed E-state index contributed by atoms with van der Waals surface area (Å²) in [5.74, 6) is -1.19. The first-order valence-corrected chi connectivity index (χ1v) is 38.4. The minimum absolute atomic E-state index is 0.118. The van der Waals surface area contributed by atoms with Crippen LogP contribution in [0.4, 0.5) is 0 Å². The lowest BCUT2D eigenvalue weighted by Crippen LogP contribution is -2.61. The molecule has 528 valence electrons. The molecule has 1 heterocycles. The number of allylic oxidation sites excluding steroid dienone is 13. The smallest absolute Gasteiger partial charge is 0.306 e. The van der Waals surface area contributed by atoms with Gasteiger partial charge in [-0.05, 0) is 103 Å². The van der Waals surface area contributed by atoms with E-state index in [0.29, 0.717) is 19.3 Å². The molecule has 1 saturated heterocycles. The molecule has 6 N–H and O–H groups in total. The van der Waals surface area contributed by atoms with Crippen molar-refractivity contribution in [3.63, 3.8) is 0 Å². The number of nitrogens with one attached hydrogen (secondary N) is 1. The molecule has 91 heavy (non-hydrogen) atoms. The van der Waals surface area contributed by atoms with Crippen molar-refractivity contribution in [2.75, 3.05) is 13.2 Å². The first-order chi connectivity index (χ1) is 44.7. The molecule has 1 aliphatic rings. The average Bonchev–Trinajstić information content (AvgIpc) is 1.14. The Morgan fingerprint density at radius 1 is 0.429 bits per heavy atom. The second kappa shape index (κ2) is 66.8. The number of rotatable bonds is 66. The van der Waals surface area contributed by atoms with E-state index in [1.54, 1.807) is 6.08 Å². The summed E-state index contributed by atoms with van der Waals surface area (Å²) in [6, 6.07) is -1.03. The van der Waals surface area contributed by atoms with Crippen molar-refractivity contribution in [3.05, 3.63) is 85.1 Å². The fraction of sp³-hybridized carbons (Fsp3) is 0.800. The van der Waals surface area contributed by atoms with Crippen LogP contribution >= 0.6 is 0 Å². The van der Waals surface area contributed by atoms with Crippen molar-refractivity contribution in [3.8, 4) is 0 Å². The molecular formula is C80H143NO10. The Morgan fingerprint density at radius 3 is 1.15 bits per heavy atom. The zero-order valence-electron chi connectivity index (χ0n) is 59.0. The zero-order chi connectivity index (χ0) is 66.0. The van der Waals surface area contributed by atoms with Gasteiger partial charge in [0.05, 0.1) is 25.4 Å². The third-order valence-electron chi connectivity index (χ3n) is 17.8. The van der Waals surface area contributed by atoms with Crippen LogP contribution in [0, 0.1) is 0 Å². The zero-order valence-corrected chi connectivity index (χ0v) is 59.0. The van der Waals surface area contributed by atoms with Crippen LogP contribution in [0.25, 0.3) is 0 Å². The lowest BCUT2D eigenvalue weighted by atomic mass is 9.99. The fourth-order valence-electron chi connectivity index (χ4n) is 11.7. The molecule has 0 aromatic rings. The predicted octanol–water partition coefficient (Wildman–Crippen LogP) is 20.4. The maximum Gasteiger partial charge on any atom is 0.306 e. The molecule has 1 fully saturated rings. The number of hydrogen-bond acceptors (Lipinski definition) is 10. The summed E-state index contributed by atoms with van der Waals surface area (Å²) < 4.78 is 17.7. The van der Waals surface area contributed by atoms with E-state index in [1.807, 2.05) is 6.08 Å². The van der Waals surface area contributed by atoms with E-state index in [-0.39, 0.29) is 13.0 Å². The van der Waals surface area contributed by atoms with Gasteiger partial charge < -0.3 is 45.1 Å². The minimum atomic E-state index is -1.62. The van der Waals surface area contributed by atoms with Gasteiger partial charge in [0.15, 0.2) is 12.4 Å². The van der Waals surface area contributed by atoms with Gasteiger partial charge in [-0.3, -0.25) is 9.59 Å². The number of carbonyl (C=O) groups excluding carboxylic acids is 2. The van der Waals surface area contributed by atoms with Gasteiger partial charge in [-0.1, -0.05) is 324 Å². The molecule has 1 aliphatic heterocycles. The number of aliphatic hydroxyl groups excluding tert-OH is 5. The highest BCUT2D eigenvalue weighted by molar-refractivity contribution is 5.80. The number of carbonyl (C=O) groups is 2. The SMILES string of the molecule is CCCCC/C=C\C/C=C\C/C=C\C/C=C\CCCCCCCCCCCCCC(=O)OC1C(OCC(NC(=O)C(O)CCCCCCCCCCCCCCCC/C=C\C/C=C\CCCCC)C(O)/C=C/CCCCCCCCCCC)OC(CO)C(O)C1O. The maximum atomic E-state index is 13.5. The molecule has 1 amide bonds. The summed E-state index contributed by atoms with van der Waals surface area (Å²) in [5.41, 5.74) is 0. The normalized spacial score (nSPS) is 18.4. The largest absolute Gasteiger partial charge is 0.454 e. The molecule has 0 aromatic carbocycles. The Labute approximate surface area is 559 Å².